The molecule has 0 bridgehead atoms. The zero-order valence-corrected chi connectivity index (χ0v) is 12.3. The number of carbonyl (C=O) groups is 1. The number of aliphatic hydroxyl groups excluding tert-OH is 1. The molecule has 2 aromatic carbocycles. The maximum absolute atomic E-state index is 13.5. The van der Waals surface area contributed by atoms with Gasteiger partial charge in [0.15, 0.2) is 11.6 Å². The second kappa shape index (κ2) is 8.24. The highest BCUT2D eigenvalue weighted by molar-refractivity contribution is 5.76. The van der Waals surface area contributed by atoms with Crippen LogP contribution in [0.1, 0.15) is 18.1 Å². The van der Waals surface area contributed by atoms with E-state index in [0.29, 0.717) is 0 Å². The average molecular weight is 321 g/mol. The molecule has 0 aliphatic rings. The summed E-state index contributed by atoms with van der Waals surface area (Å²) < 4.78 is 31.9. The fraction of sp³-hybridized carbons (Fsp3) is 0.235. The molecule has 4 nitrogen and oxygen atoms in total. The van der Waals surface area contributed by atoms with E-state index in [2.05, 4.69) is 5.32 Å². The molecule has 0 aromatic heterocycles. The number of carbonyl (C=O) groups excluding carboxylic acids is 1. The van der Waals surface area contributed by atoms with E-state index in [1.807, 2.05) is 0 Å². The summed E-state index contributed by atoms with van der Waals surface area (Å²) in [6, 6.07) is 11.7. The minimum atomic E-state index is -1.13. The van der Waals surface area contributed by atoms with Gasteiger partial charge in [-0.15, -0.1) is 0 Å². The molecule has 0 aliphatic heterocycles. The largest absolute Gasteiger partial charge is 0.490 e. The van der Waals surface area contributed by atoms with Crippen molar-refractivity contribution in [2.75, 3.05) is 13.2 Å². The van der Waals surface area contributed by atoms with Crippen molar-refractivity contribution in [2.24, 2.45) is 0 Å². The molecule has 2 rings (SSSR count). The van der Waals surface area contributed by atoms with Gasteiger partial charge in [0.1, 0.15) is 5.82 Å². The molecule has 23 heavy (non-hydrogen) atoms. The molecular formula is C17H17F2NO3. The topological polar surface area (TPSA) is 58.6 Å². The van der Waals surface area contributed by atoms with Crippen molar-refractivity contribution in [3.8, 4) is 5.75 Å². The summed E-state index contributed by atoms with van der Waals surface area (Å²) in [5.41, 5.74) is 0.121. The summed E-state index contributed by atoms with van der Waals surface area (Å²) in [5, 5.41) is 12.3. The van der Waals surface area contributed by atoms with Gasteiger partial charge in [-0.25, -0.2) is 8.78 Å². The molecule has 0 aliphatic carbocycles. The third-order valence-corrected chi connectivity index (χ3v) is 3.18. The number of benzene rings is 2. The highest BCUT2D eigenvalue weighted by atomic mass is 19.1. The van der Waals surface area contributed by atoms with Crippen molar-refractivity contribution in [1.29, 1.82) is 0 Å². The van der Waals surface area contributed by atoms with Gasteiger partial charge in [-0.2, -0.15) is 0 Å². The molecule has 0 radical (unpaired) electrons. The monoisotopic (exact) mass is 321 g/mol. The molecule has 2 aromatic rings. The minimum Gasteiger partial charge on any atom is -0.490 e. The van der Waals surface area contributed by atoms with Gasteiger partial charge in [0.25, 0.3) is 0 Å². The zero-order chi connectivity index (χ0) is 16.7. The first-order valence-corrected chi connectivity index (χ1v) is 7.14. The third-order valence-electron chi connectivity index (χ3n) is 3.18. The molecule has 2 N–H and O–H groups in total. The zero-order valence-electron chi connectivity index (χ0n) is 12.3. The predicted molar refractivity (Wildman–Crippen MR) is 80.9 cm³/mol. The smallest absolute Gasteiger partial charge is 0.223 e. The first kappa shape index (κ1) is 16.9. The summed E-state index contributed by atoms with van der Waals surface area (Å²) in [5.74, 6) is -1.33. The van der Waals surface area contributed by atoms with Crippen LogP contribution in [0.3, 0.4) is 0 Å². The van der Waals surface area contributed by atoms with Gasteiger partial charge >= 0.3 is 0 Å². The van der Waals surface area contributed by atoms with Crippen molar-refractivity contribution < 1.29 is 23.4 Å². The molecule has 0 saturated carbocycles. The van der Waals surface area contributed by atoms with Gasteiger partial charge in [0, 0.05) is 12.1 Å². The van der Waals surface area contributed by atoms with Gasteiger partial charge in [0.2, 0.25) is 5.91 Å². The lowest BCUT2D eigenvalue weighted by molar-refractivity contribution is -0.122. The number of amides is 1. The number of halogens is 2. The Balaban J connectivity index is 1.73. The highest BCUT2D eigenvalue weighted by Crippen LogP contribution is 2.16. The van der Waals surface area contributed by atoms with Crippen molar-refractivity contribution in [1.82, 2.24) is 5.32 Å². The van der Waals surface area contributed by atoms with Gasteiger partial charge < -0.3 is 15.2 Å². The number of hydrogen-bond acceptors (Lipinski definition) is 3. The van der Waals surface area contributed by atoms with E-state index in [0.717, 1.165) is 0 Å². The summed E-state index contributed by atoms with van der Waals surface area (Å²) >= 11 is 0. The van der Waals surface area contributed by atoms with Crippen molar-refractivity contribution in [3.05, 3.63) is 65.7 Å². The van der Waals surface area contributed by atoms with Crippen LogP contribution in [0.2, 0.25) is 0 Å². The Morgan fingerprint density at radius 3 is 2.43 bits per heavy atom. The van der Waals surface area contributed by atoms with Crippen molar-refractivity contribution >= 4 is 5.91 Å². The Kier molecular flexibility index (Phi) is 6.05. The standard InChI is InChI=1S/C17H17F2NO3/c18-13-6-2-1-5-12(13)15(21)11-20-17(22)9-10-23-16-8-4-3-7-14(16)19/h1-8,15,21H,9-11H2,(H,20,22). The van der Waals surface area contributed by atoms with Gasteiger partial charge in [-0.1, -0.05) is 30.3 Å². The van der Waals surface area contributed by atoms with Crippen LogP contribution < -0.4 is 10.1 Å². The molecule has 1 atom stereocenters. The molecular weight excluding hydrogens is 304 g/mol. The molecule has 1 unspecified atom stereocenters. The van der Waals surface area contributed by atoms with Crippen LogP contribution >= 0.6 is 0 Å². The van der Waals surface area contributed by atoms with Crippen LogP contribution in [0.15, 0.2) is 48.5 Å². The first-order valence-electron chi connectivity index (χ1n) is 7.14. The molecule has 1 amide bonds. The van der Waals surface area contributed by atoms with Crippen LogP contribution in [0.25, 0.3) is 0 Å². The Hall–Kier alpha value is -2.47. The lowest BCUT2D eigenvalue weighted by Gasteiger charge is -2.13. The van der Waals surface area contributed by atoms with E-state index >= 15 is 0 Å². The Labute approximate surface area is 132 Å². The molecule has 122 valence electrons. The van der Waals surface area contributed by atoms with E-state index in [4.69, 9.17) is 4.74 Å². The second-order valence-corrected chi connectivity index (χ2v) is 4.87. The van der Waals surface area contributed by atoms with Gasteiger partial charge in [-0.05, 0) is 18.2 Å². The maximum atomic E-state index is 13.5. The third kappa shape index (κ3) is 5.03. The van der Waals surface area contributed by atoms with Crippen LogP contribution in [-0.4, -0.2) is 24.2 Å². The van der Waals surface area contributed by atoms with Crippen LogP contribution in [0.4, 0.5) is 8.78 Å². The molecule has 0 saturated heterocycles. The SMILES string of the molecule is O=C(CCOc1ccccc1F)NCC(O)c1ccccc1F. The minimum absolute atomic E-state index is 0.00166. The summed E-state index contributed by atoms with van der Waals surface area (Å²) in [7, 11) is 0. The molecule has 0 heterocycles. The molecule has 6 heteroatoms. The number of para-hydroxylation sites is 1. The number of aliphatic hydroxyl groups is 1. The van der Waals surface area contributed by atoms with Crippen LogP contribution in [0.5, 0.6) is 5.75 Å². The Morgan fingerprint density at radius 2 is 1.74 bits per heavy atom. The quantitative estimate of drug-likeness (QED) is 0.824. The number of rotatable bonds is 7. The van der Waals surface area contributed by atoms with Gasteiger partial charge in [-0.3, -0.25) is 4.79 Å². The van der Waals surface area contributed by atoms with E-state index < -0.39 is 17.7 Å². The second-order valence-electron chi connectivity index (χ2n) is 4.87. The maximum Gasteiger partial charge on any atom is 0.223 e. The summed E-state index contributed by atoms with van der Waals surface area (Å²) in [6.07, 6.45) is -1.13. The van der Waals surface area contributed by atoms with Crippen LogP contribution in [0, 0.1) is 11.6 Å². The summed E-state index contributed by atoms with van der Waals surface area (Å²) in [4.78, 5) is 11.6. The van der Waals surface area contributed by atoms with Crippen molar-refractivity contribution in [2.45, 2.75) is 12.5 Å². The van der Waals surface area contributed by atoms with Crippen molar-refractivity contribution in [3.63, 3.8) is 0 Å². The van der Waals surface area contributed by atoms with E-state index in [1.165, 1.54) is 30.3 Å². The van der Waals surface area contributed by atoms with E-state index in [-0.39, 0.29) is 36.8 Å². The molecule has 0 spiro atoms. The Bertz CT molecular complexity index is 664. The normalized spacial score (nSPS) is 11.8. The summed E-state index contributed by atoms with van der Waals surface area (Å²) in [6.45, 7) is -0.109. The number of nitrogens with one attached hydrogen (secondary N) is 1. The van der Waals surface area contributed by atoms with E-state index in [1.54, 1.807) is 18.2 Å². The van der Waals surface area contributed by atoms with Crippen LogP contribution in [-0.2, 0) is 4.79 Å². The van der Waals surface area contributed by atoms with Gasteiger partial charge in [0.05, 0.1) is 19.1 Å². The number of hydrogen-bond donors (Lipinski definition) is 2. The lowest BCUT2D eigenvalue weighted by atomic mass is 10.1. The fourth-order valence-corrected chi connectivity index (χ4v) is 1.97. The highest BCUT2D eigenvalue weighted by Gasteiger charge is 2.13. The fourth-order valence-electron chi connectivity index (χ4n) is 1.97. The lowest BCUT2D eigenvalue weighted by Crippen LogP contribution is -2.29. The Morgan fingerprint density at radius 1 is 1.09 bits per heavy atom. The predicted octanol–water partition coefficient (Wildman–Crippen LogP) is 2.58. The number of ether oxygens (including phenoxy) is 1. The molecule has 0 fully saturated rings. The average Bonchev–Trinajstić information content (AvgIpc) is 2.55. The first-order chi connectivity index (χ1) is 11.1. The van der Waals surface area contributed by atoms with E-state index in [9.17, 15) is 18.7 Å².